The molecule has 1 saturated heterocycles. The van der Waals surface area contributed by atoms with Crippen molar-refractivity contribution in [1.29, 1.82) is 0 Å². The van der Waals surface area contributed by atoms with E-state index < -0.39 is 10.7 Å². The zero-order chi connectivity index (χ0) is 13.8. The summed E-state index contributed by atoms with van der Waals surface area (Å²) >= 11 is 5.64. The average Bonchev–Trinajstić information content (AvgIpc) is 2.71. The fourth-order valence-corrected chi connectivity index (χ4v) is 2.07. The van der Waals surface area contributed by atoms with Crippen molar-refractivity contribution in [2.24, 2.45) is 0 Å². The van der Waals surface area contributed by atoms with Crippen LogP contribution in [0.2, 0.25) is 5.02 Å². The maximum Gasteiger partial charge on any atom is 0.408 e. The number of halogens is 1. The summed E-state index contributed by atoms with van der Waals surface area (Å²) in [4.78, 5) is 21.6. The van der Waals surface area contributed by atoms with Crippen LogP contribution < -0.4 is 5.32 Å². The summed E-state index contributed by atoms with van der Waals surface area (Å²) in [6, 6.07) is 0.0854. The van der Waals surface area contributed by atoms with Gasteiger partial charge in [0.05, 0.1) is 11.3 Å². The quantitative estimate of drug-likeness (QED) is 0.651. The van der Waals surface area contributed by atoms with Gasteiger partial charge in [-0.2, -0.15) is 4.68 Å². The minimum Gasteiger partial charge on any atom is -0.381 e. The Morgan fingerprint density at radius 2 is 2.32 bits per heavy atom. The molecule has 0 aliphatic carbocycles. The summed E-state index contributed by atoms with van der Waals surface area (Å²) in [6.45, 7) is 1.17. The van der Waals surface area contributed by atoms with E-state index in [9.17, 15) is 14.9 Å². The topological polar surface area (TPSA) is 99.3 Å². The second kappa shape index (κ2) is 5.98. The van der Waals surface area contributed by atoms with Gasteiger partial charge in [0.25, 0.3) is 0 Å². The Bertz CT molecular complexity index is 484. The number of carbonyl (C=O) groups is 1. The second-order valence-corrected chi connectivity index (χ2v) is 4.62. The van der Waals surface area contributed by atoms with Crippen molar-refractivity contribution < 1.29 is 14.5 Å². The smallest absolute Gasteiger partial charge is 0.381 e. The minimum atomic E-state index is -0.685. The van der Waals surface area contributed by atoms with E-state index in [4.69, 9.17) is 16.3 Å². The van der Waals surface area contributed by atoms with Crippen molar-refractivity contribution in [3.05, 3.63) is 21.3 Å². The fraction of sp³-hybridized carbons (Fsp3) is 0.600. The fourth-order valence-electron chi connectivity index (χ4n) is 1.85. The van der Waals surface area contributed by atoms with E-state index in [1.54, 1.807) is 0 Å². The number of ether oxygens (including phenoxy) is 1. The molecule has 1 aliphatic rings. The Morgan fingerprint density at radius 3 is 2.89 bits per heavy atom. The molecule has 0 radical (unpaired) electrons. The molecule has 1 fully saturated rings. The van der Waals surface area contributed by atoms with E-state index in [2.05, 4.69) is 10.4 Å². The van der Waals surface area contributed by atoms with Crippen LogP contribution in [0, 0.1) is 10.1 Å². The minimum absolute atomic E-state index is 0.0798. The standard InChI is InChI=1S/C10H13ClN4O4/c11-8-5-14(13-10(8)15(17)18)6-9(16)12-7-1-3-19-4-2-7/h5,7H,1-4,6H2,(H,12,16). The lowest BCUT2D eigenvalue weighted by atomic mass is 10.1. The number of amides is 1. The summed E-state index contributed by atoms with van der Waals surface area (Å²) < 4.78 is 6.35. The molecule has 1 amide bonds. The first-order valence-electron chi connectivity index (χ1n) is 5.80. The second-order valence-electron chi connectivity index (χ2n) is 4.21. The molecule has 0 saturated carbocycles. The third-order valence-electron chi connectivity index (χ3n) is 2.76. The summed E-state index contributed by atoms with van der Waals surface area (Å²) in [5, 5.41) is 17.0. The van der Waals surface area contributed by atoms with E-state index in [1.807, 2.05) is 0 Å². The lowest BCUT2D eigenvalue weighted by Crippen LogP contribution is -2.40. The molecule has 104 valence electrons. The van der Waals surface area contributed by atoms with Gasteiger partial charge in [0.2, 0.25) is 5.91 Å². The third kappa shape index (κ3) is 3.65. The molecule has 19 heavy (non-hydrogen) atoms. The molecule has 9 heteroatoms. The first kappa shape index (κ1) is 13.8. The third-order valence-corrected chi connectivity index (χ3v) is 3.03. The highest BCUT2D eigenvalue weighted by molar-refractivity contribution is 6.32. The largest absolute Gasteiger partial charge is 0.408 e. The highest BCUT2D eigenvalue weighted by atomic mass is 35.5. The Morgan fingerprint density at radius 1 is 1.63 bits per heavy atom. The summed E-state index contributed by atoms with van der Waals surface area (Å²) in [6.07, 6.45) is 2.81. The van der Waals surface area contributed by atoms with Crippen molar-refractivity contribution in [2.75, 3.05) is 13.2 Å². The van der Waals surface area contributed by atoms with Crippen molar-refractivity contribution in [2.45, 2.75) is 25.4 Å². The molecule has 2 rings (SSSR count). The van der Waals surface area contributed by atoms with E-state index in [-0.39, 0.29) is 23.5 Å². The van der Waals surface area contributed by atoms with Gasteiger partial charge in [-0.25, -0.2) is 0 Å². The maximum atomic E-state index is 11.7. The summed E-state index contributed by atoms with van der Waals surface area (Å²) in [5.74, 6) is -0.693. The Hall–Kier alpha value is -1.67. The molecule has 8 nitrogen and oxygen atoms in total. The Labute approximate surface area is 113 Å². The number of aromatic nitrogens is 2. The van der Waals surface area contributed by atoms with Crippen molar-refractivity contribution in [1.82, 2.24) is 15.1 Å². The van der Waals surface area contributed by atoms with Crippen LogP contribution in [0.5, 0.6) is 0 Å². The normalized spacial score (nSPS) is 16.3. The van der Waals surface area contributed by atoms with Gasteiger partial charge in [0.1, 0.15) is 6.54 Å². The number of hydrogen-bond donors (Lipinski definition) is 1. The first-order chi connectivity index (χ1) is 9.06. The first-order valence-corrected chi connectivity index (χ1v) is 6.18. The van der Waals surface area contributed by atoms with Crippen LogP contribution in [0.3, 0.4) is 0 Å². The molecular weight excluding hydrogens is 276 g/mol. The molecule has 1 aromatic heterocycles. The molecule has 0 aromatic carbocycles. The number of rotatable bonds is 4. The molecule has 2 heterocycles. The van der Waals surface area contributed by atoms with Gasteiger partial charge in [0.15, 0.2) is 5.02 Å². The van der Waals surface area contributed by atoms with Gasteiger partial charge < -0.3 is 20.2 Å². The molecule has 0 spiro atoms. The van der Waals surface area contributed by atoms with Crippen LogP contribution in [-0.2, 0) is 16.1 Å². The van der Waals surface area contributed by atoms with Gasteiger partial charge in [-0.1, -0.05) is 11.6 Å². The number of nitro groups is 1. The van der Waals surface area contributed by atoms with Crippen molar-refractivity contribution in [3.8, 4) is 0 Å². The zero-order valence-electron chi connectivity index (χ0n) is 10.0. The van der Waals surface area contributed by atoms with Crippen LogP contribution in [0.25, 0.3) is 0 Å². The van der Waals surface area contributed by atoms with Crippen molar-refractivity contribution >= 4 is 23.3 Å². The van der Waals surface area contributed by atoms with Gasteiger partial charge in [0, 0.05) is 19.3 Å². The summed E-state index contributed by atoms with van der Waals surface area (Å²) in [5.41, 5.74) is 0. The van der Waals surface area contributed by atoms with Crippen LogP contribution >= 0.6 is 11.6 Å². The molecule has 0 atom stereocenters. The number of nitrogens with zero attached hydrogens (tertiary/aromatic N) is 3. The van der Waals surface area contributed by atoms with Crippen LogP contribution in [0.15, 0.2) is 6.20 Å². The van der Waals surface area contributed by atoms with E-state index >= 15 is 0 Å². The SMILES string of the molecule is O=C(Cn1cc(Cl)c([N+](=O)[O-])n1)NC1CCOCC1. The van der Waals surface area contributed by atoms with E-state index in [0.29, 0.717) is 13.2 Å². The number of carbonyl (C=O) groups excluding carboxylic acids is 1. The van der Waals surface area contributed by atoms with Crippen LogP contribution in [0.1, 0.15) is 12.8 Å². The number of hydrogen-bond acceptors (Lipinski definition) is 5. The monoisotopic (exact) mass is 288 g/mol. The van der Waals surface area contributed by atoms with E-state index in [1.165, 1.54) is 6.20 Å². The van der Waals surface area contributed by atoms with Gasteiger partial charge >= 0.3 is 5.82 Å². The number of nitrogens with one attached hydrogen (secondary N) is 1. The molecule has 0 bridgehead atoms. The Balaban J connectivity index is 1.91. The van der Waals surface area contributed by atoms with E-state index in [0.717, 1.165) is 17.5 Å². The molecule has 1 aromatic rings. The predicted molar refractivity (Wildman–Crippen MR) is 65.9 cm³/mol. The predicted octanol–water partition coefficient (Wildman–Crippen LogP) is 0.740. The van der Waals surface area contributed by atoms with Crippen LogP contribution in [0.4, 0.5) is 5.82 Å². The lowest BCUT2D eigenvalue weighted by molar-refractivity contribution is -0.389. The summed E-state index contributed by atoms with van der Waals surface area (Å²) in [7, 11) is 0. The maximum absolute atomic E-state index is 11.7. The van der Waals surface area contributed by atoms with Gasteiger partial charge in [-0.15, -0.1) is 0 Å². The average molecular weight is 289 g/mol. The zero-order valence-corrected chi connectivity index (χ0v) is 10.8. The highest BCUT2D eigenvalue weighted by Gasteiger charge is 2.21. The van der Waals surface area contributed by atoms with Gasteiger partial charge in [-0.3, -0.25) is 4.79 Å². The van der Waals surface area contributed by atoms with Gasteiger partial charge in [-0.05, 0) is 17.8 Å². The van der Waals surface area contributed by atoms with Crippen molar-refractivity contribution in [3.63, 3.8) is 0 Å². The molecular formula is C10H13ClN4O4. The lowest BCUT2D eigenvalue weighted by Gasteiger charge is -2.22. The molecule has 1 N–H and O–H groups in total. The highest BCUT2D eigenvalue weighted by Crippen LogP contribution is 2.21. The Kier molecular flexibility index (Phi) is 4.33. The molecule has 0 unspecified atom stereocenters. The molecule has 1 aliphatic heterocycles. The van der Waals surface area contributed by atoms with Crippen LogP contribution in [-0.4, -0.2) is 39.9 Å².